The molecule has 100 valence electrons. The van der Waals surface area contributed by atoms with Crippen LogP contribution < -0.4 is 0 Å². The minimum atomic E-state index is -1.14. The Hall–Kier alpha value is -1.70. The predicted molar refractivity (Wildman–Crippen MR) is 78.2 cm³/mol. The molecule has 2 aromatic carbocycles. The van der Waals surface area contributed by atoms with Gasteiger partial charge in [-0.2, -0.15) is 5.26 Å². The fourth-order valence-electron chi connectivity index (χ4n) is 1.86. The van der Waals surface area contributed by atoms with Crippen LogP contribution in [-0.2, 0) is 0 Å². The first-order valence-corrected chi connectivity index (χ1v) is 6.85. The number of halogens is 3. The predicted octanol–water partition coefficient (Wildman–Crippen LogP) is 4.73. The minimum absolute atomic E-state index is 0.140. The zero-order valence-electron chi connectivity index (χ0n) is 10.1. The third-order valence-electron chi connectivity index (χ3n) is 2.82. The zero-order valence-corrected chi connectivity index (χ0v) is 12.5. The van der Waals surface area contributed by atoms with Gasteiger partial charge < -0.3 is 0 Å². The molecular formula is C15H8BrClFNO. The quantitative estimate of drug-likeness (QED) is 0.749. The number of hydrogen-bond acceptors (Lipinski definition) is 2. The van der Waals surface area contributed by atoms with Gasteiger partial charge in [-0.05, 0) is 39.7 Å². The van der Waals surface area contributed by atoms with Crippen molar-refractivity contribution in [2.45, 2.75) is 5.92 Å². The minimum Gasteiger partial charge on any atom is -0.292 e. The van der Waals surface area contributed by atoms with Gasteiger partial charge in [-0.1, -0.05) is 35.9 Å². The topological polar surface area (TPSA) is 40.9 Å². The Balaban J connectivity index is 2.52. The van der Waals surface area contributed by atoms with Crippen LogP contribution in [0.1, 0.15) is 21.8 Å². The number of rotatable bonds is 3. The van der Waals surface area contributed by atoms with Gasteiger partial charge >= 0.3 is 0 Å². The maximum atomic E-state index is 13.8. The Morgan fingerprint density at radius 2 is 1.95 bits per heavy atom. The highest BCUT2D eigenvalue weighted by Gasteiger charge is 2.27. The van der Waals surface area contributed by atoms with Crippen molar-refractivity contribution in [3.63, 3.8) is 0 Å². The highest BCUT2D eigenvalue weighted by Crippen LogP contribution is 2.30. The van der Waals surface area contributed by atoms with Crippen molar-refractivity contribution in [1.82, 2.24) is 0 Å². The third kappa shape index (κ3) is 2.74. The molecule has 20 heavy (non-hydrogen) atoms. The maximum absolute atomic E-state index is 13.8. The number of carbonyl (C=O) groups excluding carboxylic acids is 1. The van der Waals surface area contributed by atoms with Gasteiger partial charge in [0.2, 0.25) is 0 Å². The lowest BCUT2D eigenvalue weighted by Gasteiger charge is -2.12. The van der Waals surface area contributed by atoms with E-state index in [2.05, 4.69) is 15.9 Å². The SMILES string of the molecule is N#CC(C(=O)c1c(F)cccc1Br)c1ccccc1Cl. The molecule has 0 saturated heterocycles. The number of benzene rings is 2. The van der Waals surface area contributed by atoms with Crippen molar-refractivity contribution in [2.24, 2.45) is 0 Å². The number of carbonyl (C=O) groups is 1. The Kier molecular flexibility index (Phi) is 4.53. The summed E-state index contributed by atoms with van der Waals surface area (Å²) in [6, 6.07) is 12.7. The number of nitriles is 1. The molecule has 0 radical (unpaired) electrons. The van der Waals surface area contributed by atoms with E-state index in [-0.39, 0.29) is 5.56 Å². The monoisotopic (exact) mass is 351 g/mol. The van der Waals surface area contributed by atoms with Crippen LogP contribution in [0, 0.1) is 17.1 Å². The number of ketones is 1. The number of nitrogens with zero attached hydrogens (tertiary/aromatic N) is 1. The van der Waals surface area contributed by atoms with Crippen LogP contribution in [0.25, 0.3) is 0 Å². The van der Waals surface area contributed by atoms with Crippen molar-refractivity contribution < 1.29 is 9.18 Å². The lowest BCUT2D eigenvalue weighted by Crippen LogP contribution is -2.14. The Morgan fingerprint density at radius 3 is 2.55 bits per heavy atom. The zero-order chi connectivity index (χ0) is 14.7. The first-order chi connectivity index (χ1) is 9.56. The van der Waals surface area contributed by atoms with Crippen molar-refractivity contribution in [2.75, 3.05) is 0 Å². The van der Waals surface area contributed by atoms with Crippen LogP contribution >= 0.6 is 27.5 Å². The van der Waals surface area contributed by atoms with Crippen LogP contribution in [0.15, 0.2) is 46.9 Å². The molecular weight excluding hydrogens is 345 g/mol. The molecule has 2 aromatic rings. The molecule has 0 N–H and O–H groups in total. The van der Waals surface area contributed by atoms with Gasteiger partial charge in [-0.3, -0.25) is 4.79 Å². The molecule has 0 aliphatic rings. The van der Waals surface area contributed by atoms with Gasteiger partial charge in [-0.25, -0.2) is 4.39 Å². The van der Waals surface area contributed by atoms with E-state index in [0.29, 0.717) is 15.1 Å². The van der Waals surface area contributed by atoms with Crippen molar-refractivity contribution >= 4 is 33.3 Å². The first kappa shape index (κ1) is 14.7. The fraction of sp³-hybridized carbons (Fsp3) is 0.0667. The second-order valence-electron chi connectivity index (χ2n) is 4.04. The van der Waals surface area contributed by atoms with Crippen molar-refractivity contribution in [3.05, 3.63) is 68.9 Å². The van der Waals surface area contributed by atoms with Gasteiger partial charge in [-0.15, -0.1) is 0 Å². The Labute approximate surface area is 128 Å². The summed E-state index contributed by atoms with van der Waals surface area (Å²) in [6.45, 7) is 0. The molecule has 0 amide bonds. The van der Waals surface area contributed by atoms with Gasteiger partial charge in [0, 0.05) is 9.50 Å². The summed E-state index contributed by atoms with van der Waals surface area (Å²) in [6.07, 6.45) is 0. The van der Waals surface area contributed by atoms with E-state index in [1.165, 1.54) is 12.1 Å². The van der Waals surface area contributed by atoms with Gasteiger partial charge in [0.05, 0.1) is 11.6 Å². The van der Waals surface area contributed by atoms with Crippen LogP contribution in [0.2, 0.25) is 5.02 Å². The van der Waals surface area contributed by atoms with Gasteiger partial charge in [0.15, 0.2) is 5.78 Å². The molecule has 0 aliphatic heterocycles. The highest BCUT2D eigenvalue weighted by molar-refractivity contribution is 9.10. The van der Waals surface area contributed by atoms with E-state index in [4.69, 9.17) is 11.6 Å². The van der Waals surface area contributed by atoms with Crippen LogP contribution in [0.4, 0.5) is 4.39 Å². The molecule has 1 atom stereocenters. The van der Waals surface area contributed by atoms with E-state index in [1.54, 1.807) is 30.3 Å². The normalized spacial score (nSPS) is 11.7. The summed E-state index contributed by atoms with van der Waals surface area (Å²) in [5.74, 6) is -2.43. The summed E-state index contributed by atoms with van der Waals surface area (Å²) >= 11 is 9.13. The second-order valence-corrected chi connectivity index (χ2v) is 5.31. The average molecular weight is 353 g/mol. The van der Waals surface area contributed by atoms with Crippen LogP contribution in [0.5, 0.6) is 0 Å². The van der Waals surface area contributed by atoms with E-state index >= 15 is 0 Å². The molecule has 0 bridgehead atoms. The summed E-state index contributed by atoms with van der Waals surface area (Å²) in [5.41, 5.74) is 0.232. The molecule has 2 nitrogen and oxygen atoms in total. The van der Waals surface area contributed by atoms with Gasteiger partial charge in [0.25, 0.3) is 0 Å². The van der Waals surface area contributed by atoms with E-state index in [0.717, 1.165) is 0 Å². The van der Waals surface area contributed by atoms with Crippen molar-refractivity contribution in [3.8, 4) is 6.07 Å². The standard InChI is InChI=1S/C15H8BrClFNO/c16-11-5-3-7-13(18)14(11)15(20)10(8-19)9-4-1-2-6-12(9)17/h1-7,10H. The molecule has 0 saturated carbocycles. The average Bonchev–Trinajstić information content (AvgIpc) is 2.41. The lowest BCUT2D eigenvalue weighted by atomic mass is 9.91. The number of Topliss-reactive ketones (excluding diaryl/α,β-unsaturated/α-hetero) is 1. The molecule has 0 aromatic heterocycles. The fourth-order valence-corrected chi connectivity index (χ4v) is 2.64. The van der Waals surface area contributed by atoms with Gasteiger partial charge in [0.1, 0.15) is 11.7 Å². The largest absolute Gasteiger partial charge is 0.292 e. The molecule has 0 fully saturated rings. The van der Waals surface area contributed by atoms with Crippen LogP contribution in [-0.4, -0.2) is 5.78 Å². The molecule has 1 unspecified atom stereocenters. The Morgan fingerprint density at radius 1 is 1.25 bits per heavy atom. The maximum Gasteiger partial charge on any atom is 0.188 e. The number of hydrogen-bond donors (Lipinski definition) is 0. The van der Waals surface area contributed by atoms with E-state index in [9.17, 15) is 14.4 Å². The third-order valence-corrected chi connectivity index (χ3v) is 3.82. The second kappa shape index (κ2) is 6.17. The smallest absolute Gasteiger partial charge is 0.188 e. The molecule has 5 heteroatoms. The van der Waals surface area contributed by atoms with E-state index in [1.807, 2.05) is 6.07 Å². The lowest BCUT2D eigenvalue weighted by molar-refractivity contribution is 0.0974. The van der Waals surface area contributed by atoms with Crippen molar-refractivity contribution in [1.29, 1.82) is 5.26 Å². The first-order valence-electron chi connectivity index (χ1n) is 5.68. The van der Waals surface area contributed by atoms with Crippen LogP contribution in [0.3, 0.4) is 0 Å². The molecule has 0 heterocycles. The molecule has 0 spiro atoms. The Bertz CT molecular complexity index is 691. The molecule has 2 rings (SSSR count). The summed E-state index contributed by atoms with van der Waals surface area (Å²) in [5, 5.41) is 9.56. The summed E-state index contributed by atoms with van der Waals surface area (Å²) in [7, 11) is 0. The summed E-state index contributed by atoms with van der Waals surface area (Å²) < 4.78 is 14.1. The molecule has 0 aliphatic carbocycles. The van der Waals surface area contributed by atoms with E-state index < -0.39 is 17.5 Å². The highest BCUT2D eigenvalue weighted by atomic mass is 79.9. The summed E-state index contributed by atoms with van der Waals surface area (Å²) in [4.78, 5) is 12.4.